The van der Waals surface area contributed by atoms with Gasteiger partial charge in [0.1, 0.15) is 32.3 Å². The van der Waals surface area contributed by atoms with E-state index >= 15 is 4.39 Å². The average molecular weight is 585 g/mol. The maximum atomic E-state index is 15.1. The van der Waals surface area contributed by atoms with Gasteiger partial charge >= 0.3 is 0 Å². The number of amides is 1. The van der Waals surface area contributed by atoms with Crippen LogP contribution in [-0.4, -0.2) is 95.6 Å². The number of carbonyl (C=O) groups excluding carboxylic acids is 3. The van der Waals surface area contributed by atoms with Crippen LogP contribution in [0.25, 0.3) is 0 Å². The lowest BCUT2D eigenvalue weighted by Gasteiger charge is -2.53. The van der Waals surface area contributed by atoms with E-state index < -0.39 is 33.7 Å². The Morgan fingerprint density at radius 1 is 1.14 bits per heavy atom. The number of likely N-dealkylation sites (N-methyl/N-ethyl adjacent to an activating group) is 2. The van der Waals surface area contributed by atoms with Crippen molar-refractivity contribution in [2.24, 2.45) is 0 Å². The fraction of sp³-hybridized carbons (Fsp3) is 0.516. The van der Waals surface area contributed by atoms with E-state index in [1.54, 1.807) is 42.3 Å². The molecule has 224 valence electrons. The first-order chi connectivity index (χ1) is 20.0. The van der Waals surface area contributed by atoms with Crippen molar-refractivity contribution in [2.75, 3.05) is 27.2 Å². The number of aldehydes is 2. The molecule has 0 saturated carbocycles. The number of morpholine rings is 1. The first kappa shape index (κ1) is 34.5. The average Bonchev–Trinajstić information content (AvgIpc) is 2.93. The van der Waals surface area contributed by atoms with Gasteiger partial charge in [-0.25, -0.2) is 4.39 Å². The lowest BCUT2D eigenvalue weighted by molar-refractivity contribution is -0.186. The van der Waals surface area contributed by atoms with E-state index in [2.05, 4.69) is 5.32 Å². The normalized spacial score (nSPS) is 18.0. The molecule has 43 heavy (non-hydrogen) atoms. The molecule has 1 N–H and O–H groups in total. The lowest BCUT2D eigenvalue weighted by Crippen LogP contribution is -2.63. The molecule has 1 aliphatic heterocycles. The predicted octanol–water partition coefficient (Wildman–Crippen LogP) is 2.58. The number of nitrogens with one attached hydrogen (secondary N) is 1. The van der Waals surface area contributed by atoms with Crippen molar-refractivity contribution in [3.05, 3.63) is 64.5 Å². The summed E-state index contributed by atoms with van der Waals surface area (Å²) < 4.78 is 27.3. The van der Waals surface area contributed by atoms with Gasteiger partial charge in [0.25, 0.3) is 0 Å². The summed E-state index contributed by atoms with van der Waals surface area (Å²) in [6.45, 7) is 8.64. The van der Waals surface area contributed by atoms with Crippen LogP contribution in [0.1, 0.15) is 67.6 Å². The van der Waals surface area contributed by atoms with Gasteiger partial charge in [-0.3, -0.25) is 14.5 Å². The molecular formula is C31H39B3FN3O5. The third kappa shape index (κ3) is 7.96. The second-order valence-corrected chi connectivity index (χ2v) is 12.4. The molecule has 3 rings (SSSR count). The van der Waals surface area contributed by atoms with Gasteiger partial charge in [-0.15, -0.1) is 0 Å². The minimum Gasteiger partial charge on any atom is -0.488 e. The van der Waals surface area contributed by atoms with Gasteiger partial charge in [-0.05, 0) is 70.3 Å². The molecule has 1 unspecified atom stereocenters. The third-order valence-corrected chi connectivity index (χ3v) is 7.75. The summed E-state index contributed by atoms with van der Waals surface area (Å²) in [4.78, 5) is 39.2. The lowest BCUT2D eigenvalue weighted by atomic mass is 9.56. The fourth-order valence-electron chi connectivity index (χ4n) is 5.67. The Kier molecular flexibility index (Phi) is 10.7. The van der Waals surface area contributed by atoms with Crippen LogP contribution < -0.4 is 10.1 Å². The molecule has 6 radical (unpaired) electrons. The van der Waals surface area contributed by atoms with Gasteiger partial charge in [-0.2, -0.15) is 0 Å². The first-order valence-electron chi connectivity index (χ1n) is 14.2. The van der Waals surface area contributed by atoms with Crippen molar-refractivity contribution >= 4 is 42.0 Å². The van der Waals surface area contributed by atoms with Gasteiger partial charge in [0.2, 0.25) is 5.91 Å². The van der Waals surface area contributed by atoms with Gasteiger partial charge in [0.05, 0.1) is 32.3 Å². The number of halogens is 1. The van der Waals surface area contributed by atoms with Crippen molar-refractivity contribution in [1.29, 1.82) is 0 Å². The summed E-state index contributed by atoms with van der Waals surface area (Å²) in [5.41, 5.74) is -1.06. The summed E-state index contributed by atoms with van der Waals surface area (Å²) in [5.74, 6) is -0.693. The Bertz CT molecular complexity index is 1320. The van der Waals surface area contributed by atoms with Crippen LogP contribution >= 0.6 is 0 Å². The topological polar surface area (TPSA) is 88.2 Å². The van der Waals surface area contributed by atoms with Gasteiger partial charge < -0.3 is 24.5 Å². The number of ether oxygens (including phenoxy) is 2. The zero-order valence-electron chi connectivity index (χ0n) is 25.9. The summed E-state index contributed by atoms with van der Waals surface area (Å²) in [6.07, 6.45) is 1.48. The van der Waals surface area contributed by atoms with Crippen molar-refractivity contribution in [1.82, 2.24) is 15.1 Å². The van der Waals surface area contributed by atoms with Crippen LogP contribution in [-0.2, 0) is 32.8 Å². The van der Waals surface area contributed by atoms with Gasteiger partial charge in [-0.1, -0.05) is 18.2 Å². The molecule has 0 aliphatic carbocycles. The van der Waals surface area contributed by atoms with E-state index in [0.717, 1.165) is 0 Å². The number of rotatable bonds is 13. The maximum Gasteiger partial charge on any atom is 0.230 e. The van der Waals surface area contributed by atoms with E-state index in [0.29, 0.717) is 48.1 Å². The Morgan fingerprint density at radius 2 is 1.79 bits per heavy atom. The number of carbonyl (C=O) groups is 3. The van der Waals surface area contributed by atoms with E-state index in [9.17, 15) is 14.4 Å². The zero-order valence-corrected chi connectivity index (χ0v) is 25.9. The molecule has 2 aromatic rings. The summed E-state index contributed by atoms with van der Waals surface area (Å²) >= 11 is 0. The van der Waals surface area contributed by atoms with E-state index in [-0.39, 0.29) is 31.6 Å². The van der Waals surface area contributed by atoms with Crippen LogP contribution in [0.3, 0.4) is 0 Å². The smallest absolute Gasteiger partial charge is 0.230 e. The largest absolute Gasteiger partial charge is 0.488 e. The summed E-state index contributed by atoms with van der Waals surface area (Å²) in [5, 5.41) is 1.11. The van der Waals surface area contributed by atoms with Crippen LogP contribution in [0.15, 0.2) is 36.4 Å². The molecular weight excluding hydrogens is 546 g/mol. The second-order valence-electron chi connectivity index (χ2n) is 12.4. The van der Waals surface area contributed by atoms with Gasteiger partial charge in [0.15, 0.2) is 6.29 Å². The minimum absolute atomic E-state index is 0.0346. The quantitative estimate of drug-likeness (QED) is 0.286. The molecule has 1 heterocycles. The van der Waals surface area contributed by atoms with E-state index in [4.69, 9.17) is 33.0 Å². The highest BCUT2D eigenvalue weighted by Gasteiger charge is 2.43. The Morgan fingerprint density at radius 3 is 2.37 bits per heavy atom. The Balaban J connectivity index is 1.90. The Labute approximate surface area is 258 Å². The monoisotopic (exact) mass is 585 g/mol. The molecule has 1 fully saturated rings. The van der Waals surface area contributed by atoms with Gasteiger partial charge in [0, 0.05) is 49.8 Å². The number of nitrogens with zero attached hydrogens (tertiary/aromatic N) is 2. The fourth-order valence-corrected chi connectivity index (χ4v) is 5.67. The van der Waals surface area contributed by atoms with Crippen molar-refractivity contribution in [2.45, 2.75) is 75.7 Å². The van der Waals surface area contributed by atoms with E-state index in [1.165, 1.54) is 13.1 Å². The molecule has 1 aliphatic rings. The van der Waals surface area contributed by atoms with E-state index in [1.807, 2.05) is 32.6 Å². The standard InChI is InChI=1S/C31H39B3FN3O5/c1-28(2)19-38(20-29(3,4)43-28)31(33,34)23-11-12-25(35)22(15-23)18-42-26-10-7-9-21(17-40)24(26)16-37(6)30(32,13-8-14-39)27(41)36-5/h7,9-12,14-15,17H,8,13,16,18-20H2,1-6H3,(H,36,41). The first-order valence-corrected chi connectivity index (χ1v) is 14.2. The van der Waals surface area contributed by atoms with Crippen molar-refractivity contribution in [3.8, 4) is 5.75 Å². The molecule has 2 aromatic carbocycles. The maximum absolute atomic E-state index is 15.1. The molecule has 0 aromatic heterocycles. The Hall–Kier alpha value is -2.95. The summed E-state index contributed by atoms with van der Waals surface area (Å²) in [7, 11) is 22.9. The zero-order chi connectivity index (χ0) is 32.2. The summed E-state index contributed by atoms with van der Waals surface area (Å²) in [6, 6.07) is 9.33. The van der Waals surface area contributed by atoms with Crippen molar-refractivity contribution in [3.63, 3.8) is 0 Å². The number of benzene rings is 2. The van der Waals surface area contributed by atoms with Crippen LogP contribution in [0.4, 0.5) is 4.39 Å². The third-order valence-electron chi connectivity index (χ3n) is 7.75. The highest BCUT2D eigenvalue weighted by atomic mass is 19.1. The highest BCUT2D eigenvalue weighted by Crippen LogP contribution is 2.35. The van der Waals surface area contributed by atoms with Crippen LogP contribution in [0.5, 0.6) is 5.75 Å². The second kappa shape index (κ2) is 13.4. The molecule has 8 nitrogen and oxygen atoms in total. The molecule has 1 amide bonds. The molecule has 1 saturated heterocycles. The number of hydrogen-bond donors (Lipinski definition) is 1. The van der Waals surface area contributed by atoms with Crippen molar-refractivity contribution < 1.29 is 28.2 Å². The van der Waals surface area contributed by atoms with Crippen LogP contribution in [0, 0.1) is 5.82 Å². The molecule has 1 atom stereocenters. The predicted molar refractivity (Wildman–Crippen MR) is 166 cm³/mol. The van der Waals surface area contributed by atoms with Crippen LogP contribution in [0.2, 0.25) is 0 Å². The molecule has 0 bridgehead atoms. The molecule has 12 heteroatoms. The minimum atomic E-state index is -1.53. The highest BCUT2D eigenvalue weighted by molar-refractivity contribution is 6.39. The SMILES string of the molecule is [B]C(CCC=O)(C(=O)NC)N(C)Cc1c(C=O)cccc1OCc1cc(C([B])([B])N2CC(C)(C)OC(C)(C)C2)ccc1F. The molecule has 0 spiro atoms. The number of hydrogen-bond acceptors (Lipinski definition) is 7.